The predicted octanol–water partition coefficient (Wildman–Crippen LogP) is 4.67. The smallest absolute Gasteiger partial charge is 0.262 e. The molecule has 0 fully saturated rings. The highest BCUT2D eigenvalue weighted by Crippen LogP contribution is 2.32. The van der Waals surface area contributed by atoms with E-state index in [2.05, 4.69) is 15.3 Å². The van der Waals surface area contributed by atoms with E-state index in [-0.39, 0.29) is 11.6 Å². The third-order valence-electron chi connectivity index (χ3n) is 2.85. The van der Waals surface area contributed by atoms with Crippen LogP contribution in [0.4, 0.5) is 5.69 Å². The van der Waals surface area contributed by atoms with E-state index in [1.807, 2.05) is 11.4 Å². The fourth-order valence-corrected chi connectivity index (χ4v) is 3.14. The van der Waals surface area contributed by atoms with E-state index in [0.29, 0.717) is 21.6 Å². The van der Waals surface area contributed by atoms with Crippen molar-refractivity contribution in [3.63, 3.8) is 0 Å². The van der Waals surface area contributed by atoms with Crippen LogP contribution >= 0.6 is 46.1 Å². The molecule has 0 spiro atoms. The SMILES string of the molecule is O=C(COc1ncnc2sccc12)Nc1cc(Cl)c(Cl)cc1Cl. The first-order valence-corrected chi connectivity index (χ1v) is 8.31. The largest absolute Gasteiger partial charge is 0.467 e. The number of nitrogens with one attached hydrogen (secondary N) is 1. The fourth-order valence-electron chi connectivity index (χ4n) is 1.82. The maximum atomic E-state index is 12.0. The zero-order valence-corrected chi connectivity index (χ0v) is 14.4. The maximum absolute atomic E-state index is 12.0. The molecular weight excluding hydrogens is 381 g/mol. The van der Waals surface area contributed by atoms with Crippen LogP contribution in [-0.4, -0.2) is 22.5 Å². The van der Waals surface area contributed by atoms with Gasteiger partial charge >= 0.3 is 0 Å². The van der Waals surface area contributed by atoms with Crippen LogP contribution in [0.5, 0.6) is 5.88 Å². The minimum atomic E-state index is -0.396. The number of nitrogens with zero attached hydrogens (tertiary/aromatic N) is 2. The lowest BCUT2D eigenvalue weighted by Crippen LogP contribution is -2.20. The Morgan fingerprint density at radius 3 is 2.78 bits per heavy atom. The summed E-state index contributed by atoms with van der Waals surface area (Å²) in [7, 11) is 0. The Hall–Kier alpha value is -1.60. The van der Waals surface area contributed by atoms with Gasteiger partial charge in [0.25, 0.3) is 5.91 Å². The van der Waals surface area contributed by atoms with Crippen molar-refractivity contribution >= 4 is 68.0 Å². The van der Waals surface area contributed by atoms with E-state index in [4.69, 9.17) is 39.5 Å². The number of carbonyl (C=O) groups excluding carboxylic acids is 1. The Morgan fingerprint density at radius 1 is 1.17 bits per heavy atom. The van der Waals surface area contributed by atoms with Crippen LogP contribution in [0.3, 0.4) is 0 Å². The van der Waals surface area contributed by atoms with Gasteiger partial charge in [-0.15, -0.1) is 11.3 Å². The Morgan fingerprint density at radius 2 is 1.96 bits per heavy atom. The molecule has 118 valence electrons. The van der Waals surface area contributed by atoms with E-state index in [1.54, 1.807) is 0 Å². The molecule has 2 aromatic heterocycles. The van der Waals surface area contributed by atoms with E-state index in [1.165, 1.54) is 29.8 Å². The number of amides is 1. The van der Waals surface area contributed by atoms with Crippen LogP contribution in [0, 0.1) is 0 Å². The molecule has 1 N–H and O–H groups in total. The highest BCUT2D eigenvalue weighted by Gasteiger charge is 2.12. The minimum absolute atomic E-state index is 0.224. The van der Waals surface area contributed by atoms with Crippen molar-refractivity contribution in [3.05, 3.63) is 45.0 Å². The van der Waals surface area contributed by atoms with Gasteiger partial charge in [0.1, 0.15) is 11.2 Å². The number of rotatable bonds is 4. The summed E-state index contributed by atoms with van der Waals surface area (Å²) in [6.45, 7) is -0.224. The molecule has 0 bridgehead atoms. The maximum Gasteiger partial charge on any atom is 0.262 e. The molecule has 0 saturated carbocycles. The average molecular weight is 389 g/mol. The van der Waals surface area contributed by atoms with Gasteiger partial charge in [0.15, 0.2) is 6.61 Å². The minimum Gasteiger partial charge on any atom is -0.467 e. The molecule has 0 aliphatic heterocycles. The lowest BCUT2D eigenvalue weighted by atomic mass is 10.3. The Kier molecular flexibility index (Phi) is 4.87. The summed E-state index contributed by atoms with van der Waals surface area (Å²) in [5.74, 6) is -0.0427. The Balaban J connectivity index is 1.68. The predicted molar refractivity (Wildman–Crippen MR) is 93.0 cm³/mol. The highest BCUT2D eigenvalue weighted by molar-refractivity contribution is 7.16. The zero-order chi connectivity index (χ0) is 16.4. The van der Waals surface area contributed by atoms with Crippen LogP contribution in [0.1, 0.15) is 0 Å². The molecule has 0 aliphatic carbocycles. The van der Waals surface area contributed by atoms with Crippen molar-refractivity contribution in [2.24, 2.45) is 0 Å². The quantitative estimate of drug-likeness (QED) is 0.660. The molecule has 9 heteroatoms. The summed E-state index contributed by atoms with van der Waals surface area (Å²) in [6, 6.07) is 4.77. The second-order valence-corrected chi connectivity index (χ2v) is 6.52. The number of anilines is 1. The second-order valence-electron chi connectivity index (χ2n) is 4.40. The number of hydrogen-bond acceptors (Lipinski definition) is 5. The molecule has 0 saturated heterocycles. The molecular formula is C14H8Cl3N3O2S. The second kappa shape index (κ2) is 6.88. The number of fused-ring (bicyclic) bond motifs is 1. The molecule has 1 aromatic carbocycles. The molecule has 3 aromatic rings. The molecule has 0 aliphatic rings. The number of ether oxygens (including phenoxy) is 1. The van der Waals surface area contributed by atoms with E-state index >= 15 is 0 Å². The Bertz CT molecular complexity index is 885. The van der Waals surface area contributed by atoms with Crippen LogP contribution in [0.25, 0.3) is 10.2 Å². The molecule has 23 heavy (non-hydrogen) atoms. The van der Waals surface area contributed by atoms with Crippen molar-refractivity contribution < 1.29 is 9.53 Å². The third kappa shape index (κ3) is 3.67. The third-order valence-corrected chi connectivity index (χ3v) is 4.70. The average Bonchev–Trinajstić information content (AvgIpc) is 2.99. The molecule has 5 nitrogen and oxygen atoms in total. The van der Waals surface area contributed by atoms with Gasteiger partial charge in [-0.1, -0.05) is 34.8 Å². The van der Waals surface area contributed by atoms with Gasteiger partial charge in [0, 0.05) is 0 Å². The van der Waals surface area contributed by atoms with Crippen molar-refractivity contribution in [3.8, 4) is 5.88 Å². The van der Waals surface area contributed by atoms with Gasteiger partial charge in [0.05, 0.1) is 26.1 Å². The number of aromatic nitrogens is 2. The van der Waals surface area contributed by atoms with Crippen molar-refractivity contribution in [1.82, 2.24) is 9.97 Å². The highest BCUT2D eigenvalue weighted by atomic mass is 35.5. The number of carbonyl (C=O) groups is 1. The Labute approximate surface area is 150 Å². The first-order valence-electron chi connectivity index (χ1n) is 6.30. The molecule has 3 rings (SSSR count). The van der Waals surface area contributed by atoms with E-state index in [0.717, 1.165) is 10.2 Å². The summed E-state index contributed by atoms with van der Waals surface area (Å²) < 4.78 is 5.45. The van der Waals surface area contributed by atoms with Crippen LogP contribution < -0.4 is 10.1 Å². The van der Waals surface area contributed by atoms with Gasteiger partial charge in [0.2, 0.25) is 5.88 Å². The van der Waals surface area contributed by atoms with Crippen molar-refractivity contribution in [1.29, 1.82) is 0 Å². The first-order chi connectivity index (χ1) is 11.0. The molecule has 2 heterocycles. The molecule has 1 amide bonds. The molecule has 0 radical (unpaired) electrons. The van der Waals surface area contributed by atoms with Gasteiger partial charge in [-0.2, -0.15) is 0 Å². The van der Waals surface area contributed by atoms with Gasteiger partial charge < -0.3 is 10.1 Å². The molecule has 0 atom stereocenters. The van der Waals surface area contributed by atoms with Crippen molar-refractivity contribution in [2.75, 3.05) is 11.9 Å². The normalized spacial score (nSPS) is 10.7. The summed E-state index contributed by atoms with van der Waals surface area (Å²) in [5.41, 5.74) is 0.359. The standard InChI is InChI=1S/C14H8Cl3N3O2S/c15-8-3-10(17)11(4-9(8)16)20-12(21)5-22-13-7-1-2-23-14(7)19-6-18-13/h1-4,6H,5H2,(H,20,21). The zero-order valence-electron chi connectivity index (χ0n) is 11.3. The summed E-state index contributed by atoms with van der Waals surface area (Å²) in [6.07, 6.45) is 1.39. The fraction of sp³-hybridized carbons (Fsp3) is 0.0714. The monoisotopic (exact) mass is 387 g/mol. The van der Waals surface area contributed by atoms with Gasteiger partial charge in [-0.3, -0.25) is 4.79 Å². The molecule has 0 unspecified atom stereocenters. The van der Waals surface area contributed by atoms with Gasteiger partial charge in [-0.25, -0.2) is 9.97 Å². The van der Waals surface area contributed by atoms with Crippen molar-refractivity contribution in [2.45, 2.75) is 0 Å². The topological polar surface area (TPSA) is 64.1 Å². The van der Waals surface area contributed by atoms with Crippen LogP contribution in [-0.2, 0) is 4.79 Å². The van der Waals surface area contributed by atoms with E-state index < -0.39 is 5.91 Å². The van der Waals surface area contributed by atoms with Gasteiger partial charge in [-0.05, 0) is 23.6 Å². The lowest BCUT2D eigenvalue weighted by Gasteiger charge is -2.09. The lowest BCUT2D eigenvalue weighted by molar-refractivity contribution is -0.118. The first kappa shape index (κ1) is 16.3. The summed E-state index contributed by atoms with van der Waals surface area (Å²) >= 11 is 19.2. The number of hydrogen-bond donors (Lipinski definition) is 1. The number of benzene rings is 1. The summed E-state index contributed by atoms with van der Waals surface area (Å²) in [4.78, 5) is 20.9. The number of halogens is 3. The summed E-state index contributed by atoms with van der Waals surface area (Å²) in [5, 5.41) is 6.14. The van der Waals surface area contributed by atoms with E-state index in [9.17, 15) is 4.79 Å². The van der Waals surface area contributed by atoms with Crippen LogP contribution in [0.15, 0.2) is 29.9 Å². The van der Waals surface area contributed by atoms with Crippen LogP contribution in [0.2, 0.25) is 15.1 Å². The number of thiophene rings is 1.